The highest BCUT2D eigenvalue weighted by atomic mass is 32.9. The maximum atomic E-state index is 10.3. The highest BCUT2D eigenvalue weighted by molar-refractivity contribution is 8.67. The number of rotatable bonds is 11. The van der Waals surface area contributed by atoms with Gasteiger partial charge in [-0.3, -0.25) is 4.55 Å². The van der Waals surface area contributed by atoms with Gasteiger partial charge in [0.25, 0.3) is 0 Å². The third-order valence-electron chi connectivity index (χ3n) is 1.70. The summed E-state index contributed by atoms with van der Waals surface area (Å²) in [6.45, 7) is 7.59. The summed E-state index contributed by atoms with van der Waals surface area (Å²) in [6.07, 6.45) is 1.19. The fourth-order valence-corrected chi connectivity index (χ4v) is 7.40. The van der Waals surface area contributed by atoms with Crippen molar-refractivity contribution in [2.45, 2.75) is 52.7 Å². The van der Waals surface area contributed by atoms with E-state index in [1.165, 1.54) is 11.4 Å². The van der Waals surface area contributed by atoms with Crippen molar-refractivity contribution in [3.63, 3.8) is 0 Å². The van der Waals surface area contributed by atoms with Crippen LogP contribution in [0, 0.1) is 0 Å². The molecule has 0 fully saturated rings. The molecule has 0 aromatic carbocycles. The minimum Gasteiger partial charge on any atom is -0.319 e. The van der Waals surface area contributed by atoms with Gasteiger partial charge >= 0.3 is 10.4 Å². The second-order valence-electron chi connectivity index (χ2n) is 4.55. The first-order valence-electron chi connectivity index (χ1n) is 6.27. The Hall–Kier alpha value is 0.790. The van der Waals surface area contributed by atoms with Gasteiger partial charge in [-0.15, -0.1) is 0 Å². The first-order valence-corrected chi connectivity index (χ1v) is 11.9. The summed E-state index contributed by atoms with van der Waals surface area (Å²) in [6, 6.07) is 0. The lowest BCUT2D eigenvalue weighted by Gasteiger charge is -2.25. The molecule has 0 amide bonds. The van der Waals surface area contributed by atoms with Crippen LogP contribution in [-0.4, -0.2) is 37.5 Å². The van der Waals surface area contributed by atoms with E-state index in [4.69, 9.17) is 25.4 Å². The average Bonchev–Trinajstić information content (AvgIpc) is 2.18. The molecule has 0 bridgehead atoms. The summed E-state index contributed by atoms with van der Waals surface area (Å²) in [7, 11) is -4.34. The third kappa shape index (κ3) is 12.5. The Labute approximate surface area is 130 Å². The van der Waals surface area contributed by atoms with E-state index in [1.807, 2.05) is 27.7 Å². The van der Waals surface area contributed by atoms with Gasteiger partial charge in [0.05, 0.1) is 18.8 Å². The van der Waals surface area contributed by atoms with E-state index in [0.717, 1.165) is 0 Å². The Balaban J connectivity index is 4.06. The Morgan fingerprint density at radius 2 is 1.65 bits per heavy atom. The first-order chi connectivity index (χ1) is 9.04. The standard InChI is InChI=1S/C10H23O6PS3/c1-9(2)15-17(18,16-10(3)4)19-8-6-5-7-14-20(11,12)13/h9-10H,5-8H2,1-4H3,(H,11,12,13). The largest absolute Gasteiger partial charge is 0.397 e. The molecular weight excluding hydrogens is 343 g/mol. The summed E-state index contributed by atoms with van der Waals surface area (Å²) < 4.78 is 44.7. The number of hydrogen-bond donors (Lipinski definition) is 1. The predicted molar refractivity (Wildman–Crippen MR) is 85.9 cm³/mol. The minimum atomic E-state index is -4.34. The Bertz CT molecular complexity index is 395. The van der Waals surface area contributed by atoms with Crippen LogP contribution in [-0.2, 0) is 35.4 Å². The molecule has 0 aliphatic rings. The van der Waals surface area contributed by atoms with Crippen LogP contribution in [0.5, 0.6) is 0 Å². The highest BCUT2D eigenvalue weighted by Crippen LogP contribution is 2.62. The molecule has 0 saturated heterocycles. The molecule has 0 atom stereocenters. The van der Waals surface area contributed by atoms with Gasteiger partial charge in [0.15, 0.2) is 0 Å². The van der Waals surface area contributed by atoms with Crippen molar-refractivity contribution >= 4 is 39.3 Å². The molecule has 6 nitrogen and oxygen atoms in total. The van der Waals surface area contributed by atoms with Crippen molar-refractivity contribution in [1.29, 1.82) is 0 Å². The van der Waals surface area contributed by atoms with Gasteiger partial charge in [-0.2, -0.15) is 8.42 Å². The van der Waals surface area contributed by atoms with Crippen LogP contribution < -0.4 is 0 Å². The van der Waals surface area contributed by atoms with Gasteiger partial charge in [-0.05, 0) is 52.3 Å². The van der Waals surface area contributed by atoms with Crippen LogP contribution in [0.3, 0.4) is 0 Å². The van der Waals surface area contributed by atoms with E-state index in [2.05, 4.69) is 4.18 Å². The molecule has 1 N–H and O–H groups in total. The van der Waals surface area contributed by atoms with E-state index < -0.39 is 16.1 Å². The van der Waals surface area contributed by atoms with Crippen LogP contribution in [0.1, 0.15) is 40.5 Å². The predicted octanol–water partition coefficient (Wildman–Crippen LogP) is 3.39. The summed E-state index contributed by atoms with van der Waals surface area (Å²) >= 11 is 6.91. The minimum absolute atomic E-state index is 0.00468. The highest BCUT2D eigenvalue weighted by Gasteiger charge is 2.23. The number of hydrogen-bond acceptors (Lipinski definition) is 7. The molecular formula is C10H23O6PS3. The van der Waals surface area contributed by atoms with Gasteiger partial charge < -0.3 is 9.05 Å². The van der Waals surface area contributed by atoms with Crippen molar-refractivity contribution in [2.24, 2.45) is 0 Å². The normalized spacial score (nSPS) is 13.3. The van der Waals surface area contributed by atoms with Gasteiger partial charge in [-0.25, -0.2) is 4.18 Å². The fraction of sp³-hybridized carbons (Fsp3) is 1.00. The lowest BCUT2D eigenvalue weighted by molar-refractivity contribution is 0.186. The molecule has 0 saturated carbocycles. The summed E-state index contributed by atoms with van der Waals surface area (Å²) in [5.41, 5.74) is -2.37. The average molecular weight is 366 g/mol. The first kappa shape index (κ1) is 20.8. The van der Waals surface area contributed by atoms with Crippen molar-refractivity contribution in [2.75, 3.05) is 12.4 Å². The molecule has 0 heterocycles. The van der Waals surface area contributed by atoms with Crippen molar-refractivity contribution < 1.29 is 26.2 Å². The molecule has 10 heteroatoms. The van der Waals surface area contributed by atoms with E-state index in [0.29, 0.717) is 18.6 Å². The summed E-state index contributed by atoms with van der Waals surface area (Å²) in [5, 5.41) is 0. The van der Waals surface area contributed by atoms with Crippen LogP contribution in [0.25, 0.3) is 0 Å². The van der Waals surface area contributed by atoms with Crippen LogP contribution in [0.2, 0.25) is 0 Å². The molecule has 0 spiro atoms. The quantitative estimate of drug-likeness (QED) is 0.338. The maximum absolute atomic E-state index is 10.3. The van der Waals surface area contributed by atoms with Gasteiger partial charge in [-0.1, -0.05) is 11.4 Å². The zero-order valence-electron chi connectivity index (χ0n) is 12.1. The van der Waals surface area contributed by atoms with Gasteiger partial charge in [0.2, 0.25) is 5.69 Å². The molecule has 122 valence electrons. The van der Waals surface area contributed by atoms with Crippen molar-refractivity contribution in [3.05, 3.63) is 0 Å². The van der Waals surface area contributed by atoms with Crippen molar-refractivity contribution in [1.82, 2.24) is 0 Å². The fourth-order valence-electron chi connectivity index (χ4n) is 1.15. The maximum Gasteiger partial charge on any atom is 0.397 e. The summed E-state index contributed by atoms with van der Waals surface area (Å²) in [4.78, 5) is 0. The zero-order valence-corrected chi connectivity index (χ0v) is 15.5. The third-order valence-corrected chi connectivity index (χ3v) is 7.79. The van der Waals surface area contributed by atoms with E-state index in [-0.39, 0.29) is 18.8 Å². The lowest BCUT2D eigenvalue weighted by atomic mass is 10.4. The molecule has 0 rings (SSSR count). The van der Waals surface area contributed by atoms with Gasteiger partial charge in [0, 0.05) is 5.75 Å². The van der Waals surface area contributed by atoms with E-state index >= 15 is 0 Å². The Morgan fingerprint density at radius 3 is 2.05 bits per heavy atom. The second-order valence-corrected chi connectivity index (χ2v) is 12.0. The topological polar surface area (TPSA) is 82.1 Å². The van der Waals surface area contributed by atoms with Crippen LogP contribution in [0.4, 0.5) is 0 Å². The smallest absolute Gasteiger partial charge is 0.319 e. The molecule has 0 unspecified atom stereocenters. The molecule has 0 aliphatic heterocycles. The Morgan fingerprint density at radius 1 is 1.15 bits per heavy atom. The summed E-state index contributed by atoms with van der Waals surface area (Å²) in [5.74, 6) is 0.686. The monoisotopic (exact) mass is 366 g/mol. The molecule has 0 aliphatic carbocycles. The van der Waals surface area contributed by atoms with E-state index in [9.17, 15) is 8.42 Å². The second kappa shape index (κ2) is 9.74. The molecule has 0 aromatic heterocycles. The van der Waals surface area contributed by atoms with Crippen molar-refractivity contribution in [3.8, 4) is 0 Å². The number of unbranched alkanes of at least 4 members (excludes halogenated alkanes) is 1. The molecule has 20 heavy (non-hydrogen) atoms. The van der Waals surface area contributed by atoms with Crippen LogP contribution >= 0.6 is 17.1 Å². The van der Waals surface area contributed by atoms with E-state index in [1.54, 1.807) is 0 Å². The Kier molecular flexibility index (Phi) is 10.1. The molecule has 0 aromatic rings. The molecule has 0 radical (unpaired) electrons. The zero-order chi connectivity index (χ0) is 15.8. The van der Waals surface area contributed by atoms with Gasteiger partial charge in [0.1, 0.15) is 0 Å². The van der Waals surface area contributed by atoms with Crippen LogP contribution in [0.15, 0.2) is 0 Å². The lowest BCUT2D eigenvalue weighted by Crippen LogP contribution is -2.07. The SMILES string of the molecule is CC(C)OP(=S)(OC(C)C)SCCCCOS(=O)(=O)O.